The molecule has 0 N–H and O–H groups in total. The maximum absolute atomic E-state index is 5.07. The quantitative estimate of drug-likeness (QED) is 0.311. The smallest absolute Gasteiger partial charge is 0.181 e. The molecule has 0 spiro atoms. The van der Waals surface area contributed by atoms with Crippen molar-refractivity contribution in [3.05, 3.63) is 143 Å². The molecule has 0 aliphatic heterocycles. The Morgan fingerprint density at radius 2 is 1.03 bits per heavy atom. The second kappa shape index (κ2) is 8.27. The van der Waals surface area contributed by atoms with Crippen molar-refractivity contribution in [3.63, 3.8) is 0 Å². The molecule has 0 radical (unpaired) electrons. The molecule has 0 bridgehead atoms. The van der Waals surface area contributed by atoms with Crippen LogP contribution in [0, 0.1) is 13.8 Å². The molecule has 156 valence electrons. The second-order valence-electron chi connectivity index (χ2n) is 8.20. The van der Waals surface area contributed by atoms with Crippen LogP contribution in [0.4, 0.5) is 0 Å². The summed E-state index contributed by atoms with van der Waals surface area (Å²) in [7, 11) is 0. The molecular weight excluding hydrogens is 390 g/mol. The first-order chi connectivity index (χ1) is 15.7. The van der Waals surface area contributed by atoms with Crippen molar-refractivity contribution in [1.82, 2.24) is 14.8 Å². The van der Waals surface area contributed by atoms with Crippen LogP contribution in [0.5, 0.6) is 0 Å². The van der Waals surface area contributed by atoms with Crippen molar-refractivity contribution in [1.29, 1.82) is 0 Å². The zero-order valence-electron chi connectivity index (χ0n) is 18.3. The first kappa shape index (κ1) is 20.0. The molecule has 5 rings (SSSR count). The summed E-state index contributed by atoms with van der Waals surface area (Å²) in [6.45, 7) is 4.21. The van der Waals surface area contributed by atoms with E-state index in [1.54, 1.807) is 0 Å². The van der Waals surface area contributed by atoms with Crippen LogP contribution in [0.1, 0.15) is 27.8 Å². The highest BCUT2D eigenvalue weighted by atomic mass is 15.4. The van der Waals surface area contributed by atoms with Crippen LogP contribution in [0.2, 0.25) is 0 Å². The first-order valence-electron chi connectivity index (χ1n) is 10.9. The van der Waals surface area contributed by atoms with Crippen LogP contribution in [-0.2, 0) is 5.54 Å². The molecule has 1 heterocycles. The van der Waals surface area contributed by atoms with Gasteiger partial charge in [0.15, 0.2) is 5.82 Å². The summed E-state index contributed by atoms with van der Waals surface area (Å²) >= 11 is 0. The summed E-state index contributed by atoms with van der Waals surface area (Å²) in [6, 6.07) is 38.1. The normalized spacial score (nSPS) is 11.4. The van der Waals surface area contributed by atoms with Gasteiger partial charge in [-0.2, -0.15) is 0 Å². The Morgan fingerprint density at radius 3 is 1.47 bits per heavy atom. The highest BCUT2D eigenvalue weighted by molar-refractivity contribution is 5.58. The van der Waals surface area contributed by atoms with E-state index in [0.29, 0.717) is 0 Å². The lowest BCUT2D eigenvalue weighted by Crippen LogP contribution is -2.38. The molecule has 1 aromatic heterocycles. The molecule has 0 unspecified atom stereocenters. The van der Waals surface area contributed by atoms with Crippen molar-refractivity contribution in [2.45, 2.75) is 19.4 Å². The van der Waals surface area contributed by atoms with E-state index >= 15 is 0 Å². The van der Waals surface area contributed by atoms with Crippen LogP contribution < -0.4 is 0 Å². The fourth-order valence-corrected chi connectivity index (χ4v) is 4.60. The van der Waals surface area contributed by atoms with E-state index in [4.69, 9.17) is 10.1 Å². The zero-order valence-corrected chi connectivity index (χ0v) is 18.3. The van der Waals surface area contributed by atoms with Gasteiger partial charge < -0.3 is 0 Å². The number of benzene rings is 4. The van der Waals surface area contributed by atoms with E-state index in [1.807, 2.05) is 29.2 Å². The minimum Gasteiger partial charge on any atom is -0.233 e. The average molecular weight is 416 g/mol. The van der Waals surface area contributed by atoms with Crippen molar-refractivity contribution in [2.24, 2.45) is 0 Å². The van der Waals surface area contributed by atoms with Crippen molar-refractivity contribution < 1.29 is 0 Å². The summed E-state index contributed by atoms with van der Waals surface area (Å²) in [5.41, 5.74) is 6.20. The number of hydrogen-bond acceptors (Lipinski definition) is 2. The molecule has 3 heteroatoms. The minimum atomic E-state index is -0.645. The summed E-state index contributed by atoms with van der Waals surface area (Å²) in [5.74, 6) is 0.726. The lowest BCUT2D eigenvalue weighted by Gasteiger charge is -2.35. The van der Waals surface area contributed by atoms with Crippen LogP contribution in [-0.4, -0.2) is 14.8 Å². The van der Waals surface area contributed by atoms with E-state index in [0.717, 1.165) is 28.1 Å². The third-order valence-corrected chi connectivity index (χ3v) is 5.89. The number of hydrogen-bond donors (Lipinski definition) is 0. The van der Waals surface area contributed by atoms with Gasteiger partial charge in [0, 0.05) is 5.56 Å². The minimum absolute atomic E-state index is 0.645. The summed E-state index contributed by atoms with van der Waals surface area (Å²) in [6.07, 6.45) is 1.86. The molecule has 5 aromatic rings. The predicted octanol–water partition coefficient (Wildman–Crippen LogP) is 6.40. The van der Waals surface area contributed by atoms with E-state index in [1.165, 1.54) is 11.1 Å². The highest BCUT2D eigenvalue weighted by Crippen LogP contribution is 2.40. The Balaban J connectivity index is 1.81. The number of nitrogens with zero attached hydrogens (tertiary/aromatic N) is 3. The zero-order chi connectivity index (χ0) is 22.0. The number of aryl methyl sites for hydroxylation is 2. The molecule has 0 amide bonds. The van der Waals surface area contributed by atoms with Crippen LogP contribution in [0.3, 0.4) is 0 Å². The Morgan fingerprint density at radius 1 is 0.594 bits per heavy atom. The van der Waals surface area contributed by atoms with Crippen LogP contribution in [0.25, 0.3) is 11.4 Å². The van der Waals surface area contributed by atoms with E-state index in [2.05, 4.69) is 105 Å². The van der Waals surface area contributed by atoms with Crippen molar-refractivity contribution in [3.8, 4) is 11.4 Å². The third-order valence-electron chi connectivity index (χ3n) is 5.89. The molecule has 32 heavy (non-hydrogen) atoms. The fraction of sp³-hybridized carbons (Fsp3) is 0.103. The molecule has 4 aromatic carbocycles. The molecule has 0 saturated carbocycles. The number of rotatable bonds is 5. The van der Waals surface area contributed by atoms with Crippen LogP contribution >= 0.6 is 0 Å². The Hall–Kier alpha value is -3.98. The second-order valence-corrected chi connectivity index (χ2v) is 8.20. The van der Waals surface area contributed by atoms with Gasteiger partial charge in [-0.25, -0.2) is 9.67 Å². The van der Waals surface area contributed by atoms with Gasteiger partial charge in [-0.3, -0.25) is 0 Å². The maximum Gasteiger partial charge on any atom is 0.181 e. The molecule has 0 aliphatic carbocycles. The largest absolute Gasteiger partial charge is 0.233 e. The molecule has 0 fully saturated rings. The molecule has 0 saturated heterocycles. The van der Waals surface area contributed by atoms with Gasteiger partial charge in [-0.05, 0) is 42.7 Å². The average Bonchev–Trinajstić information content (AvgIpc) is 3.32. The van der Waals surface area contributed by atoms with E-state index in [9.17, 15) is 0 Å². The monoisotopic (exact) mass is 415 g/mol. The Bertz CT molecular complexity index is 1210. The van der Waals surface area contributed by atoms with Gasteiger partial charge in [0.25, 0.3) is 0 Å². The van der Waals surface area contributed by atoms with Gasteiger partial charge in [0.05, 0.1) is 0 Å². The van der Waals surface area contributed by atoms with Gasteiger partial charge in [0.1, 0.15) is 11.9 Å². The molecule has 0 aliphatic rings. The first-order valence-corrected chi connectivity index (χ1v) is 10.9. The summed E-state index contributed by atoms with van der Waals surface area (Å²) in [5, 5.41) is 5.07. The predicted molar refractivity (Wildman–Crippen MR) is 130 cm³/mol. The third kappa shape index (κ3) is 3.42. The lowest BCUT2D eigenvalue weighted by atomic mass is 9.77. The van der Waals surface area contributed by atoms with Gasteiger partial charge in [-0.1, -0.05) is 108 Å². The van der Waals surface area contributed by atoms with Gasteiger partial charge in [0.2, 0.25) is 0 Å². The molecular formula is C29H25N3. The number of aromatic nitrogens is 3. The summed E-state index contributed by atoms with van der Waals surface area (Å²) in [4.78, 5) is 4.76. The van der Waals surface area contributed by atoms with Gasteiger partial charge in [-0.15, -0.1) is 5.10 Å². The fourth-order valence-electron chi connectivity index (χ4n) is 4.60. The van der Waals surface area contributed by atoms with Gasteiger partial charge >= 0.3 is 0 Å². The van der Waals surface area contributed by atoms with Crippen molar-refractivity contribution in [2.75, 3.05) is 0 Å². The Labute approximate surface area is 189 Å². The standard InChI is InChI=1S/C29H25N3/c1-22-18-23(2)20-24(19-22)28-30-21-32(31-28)29(25-12-6-3-7-13-25,26-14-8-4-9-15-26)27-16-10-5-11-17-27/h3-21H,1-2H3. The maximum atomic E-state index is 5.07. The lowest BCUT2D eigenvalue weighted by molar-refractivity contribution is 0.459. The highest BCUT2D eigenvalue weighted by Gasteiger charge is 2.39. The van der Waals surface area contributed by atoms with E-state index in [-0.39, 0.29) is 0 Å². The molecule has 0 atom stereocenters. The molecule has 3 nitrogen and oxygen atoms in total. The van der Waals surface area contributed by atoms with E-state index < -0.39 is 5.54 Å². The summed E-state index contributed by atoms with van der Waals surface area (Å²) < 4.78 is 2.01. The Kier molecular flexibility index (Phi) is 5.16. The van der Waals surface area contributed by atoms with Crippen molar-refractivity contribution >= 4 is 0 Å². The topological polar surface area (TPSA) is 30.7 Å². The van der Waals surface area contributed by atoms with Crippen LogP contribution in [0.15, 0.2) is 116 Å². The SMILES string of the molecule is Cc1cc(C)cc(-c2ncn(C(c3ccccc3)(c3ccccc3)c3ccccc3)n2)c1.